The number of methoxy groups -OCH3 is 1. The van der Waals surface area contributed by atoms with Crippen molar-refractivity contribution in [1.29, 1.82) is 0 Å². The summed E-state index contributed by atoms with van der Waals surface area (Å²) in [4.78, 5) is 10.8. The predicted octanol–water partition coefficient (Wildman–Crippen LogP) is 5.97. The molecule has 0 bridgehead atoms. The Hall–Kier alpha value is -1.05. The molecular formula is C19H34O2. The zero-order valence-corrected chi connectivity index (χ0v) is 14.1. The summed E-state index contributed by atoms with van der Waals surface area (Å²) in [6, 6.07) is 0. The van der Waals surface area contributed by atoms with E-state index in [1.807, 2.05) is 6.08 Å². The standard InChI is InChI=1S/C19H34O2/c1-3-4-5-6-7-8-9-10-11-12-13-14-15-16-17-18-19(20)21-2/h15-18H,3-14H2,1-2H3/b16-15+,18-17?. The lowest BCUT2D eigenvalue weighted by Gasteiger charge is -2.01. The van der Waals surface area contributed by atoms with E-state index >= 15 is 0 Å². The molecule has 0 fully saturated rings. The summed E-state index contributed by atoms with van der Waals surface area (Å²) < 4.78 is 4.51. The van der Waals surface area contributed by atoms with Crippen molar-refractivity contribution in [2.24, 2.45) is 0 Å². The van der Waals surface area contributed by atoms with Crippen LogP contribution in [0.25, 0.3) is 0 Å². The first kappa shape index (κ1) is 19.9. The molecule has 2 nitrogen and oxygen atoms in total. The summed E-state index contributed by atoms with van der Waals surface area (Å²) in [5.74, 6) is -0.297. The van der Waals surface area contributed by atoms with Crippen LogP contribution >= 0.6 is 0 Å². The molecule has 0 atom stereocenters. The van der Waals surface area contributed by atoms with E-state index in [1.54, 1.807) is 6.08 Å². The average molecular weight is 294 g/mol. The van der Waals surface area contributed by atoms with Crippen LogP contribution in [0.15, 0.2) is 24.3 Å². The summed E-state index contributed by atoms with van der Waals surface area (Å²) in [6.45, 7) is 2.27. The van der Waals surface area contributed by atoms with Gasteiger partial charge >= 0.3 is 5.97 Å². The Morgan fingerprint density at radius 1 is 0.810 bits per heavy atom. The molecule has 21 heavy (non-hydrogen) atoms. The maximum atomic E-state index is 10.8. The molecule has 0 aliphatic carbocycles. The molecule has 0 unspecified atom stereocenters. The molecule has 0 aliphatic rings. The molecule has 0 N–H and O–H groups in total. The SMILES string of the molecule is CCCCCCCCCCCCC/C=C/C=CC(=O)OC. The van der Waals surface area contributed by atoms with Crippen molar-refractivity contribution >= 4 is 5.97 Å². The highest BCUT2D eigenvalue weighted by atomic mass is 16.5. The molecule has 0 saturated carbocycles. The van der Waals surface area contributed by atoms with E-state index in [-0.39, 0.29) is 5.97 Å². The van der Waals surface area contributed by atoms with Gasteiger partial charge in [0, 0.05) is 6.08 Å². The Labute approximate surface area is 131 Å². The van der Waals surface area contributed by atoms with E-state index in [4.69, 9.17) is 0 Å². The van der Waals surface area contributed by atoms with Crippen molar-refractivity contribution in [2.45, 2.75) is 84.0 Å². The normalized spacial score (nSPS) is 11.5. The highest BCUT2D eigenvalue weighted by Gasteiger charge is 1.92. The molecule has 2 heteroatoms. The zero-order chi connectivity index (χ0) is 15.6. The number of rotatable bonds is 14. The second-order valence-corrected chi connectivity index (χ2v) is 5.63. The first-order valence-electron chi connectivity index (χ1n) is 8.72. The van der Waals surface area contributed by atoms with Gasteiger partial charge in [-0.15, -0.1) is 0 Å². The second-order valence-electron chi connectivity index (χ2n) is 5.63. The first-order valence-corrected chi connectivity index (χ1v) is 8.72. The highest BCUT2D eigenvalue weighted by Crippen LogP contribution is 2.11. The highest BCUT2D eigenvalue weighted by molar-refractivity contribution is 5.82. The number of hydrogen-bond acceptors (Lipinski definition) is 2. The molecule has 0 amide bonds. The lowest BCUT2D eigenvalue weighted by atomic mass is 10.1. The van der Waals surface area contributed by atoms with Gasteiger partial charge < -0.3 is 4.74 Å². The topological polar surface area (TPSA) is 26.3 Å². The summed E-state index contributed by atoms with van der Waals surface area (Å²) >= 11 is 0. The lowest BCUT2D eigenvalue weighted by molar-refractivity contribution is -0.134. The summed E-state index contributed by atoms with van der Waals surface area (Å²) in [5.41, 5.74) is 0. The monoisotopic (exact) mass is 294 g/mol. The number of allylic oxidation sites excluding steroid dienone is 3. The van der Waals surface area contributed by atoms with Crippen LogP contribution in [0.3, 0.4) is 0 Å². The Morgan fingerprint density at radius 2 is 1.33 bits per heavy atom. The number of unbranched alkanes of at least 4 members (excludes halogenated alkanes) is 11. The molecule has 122 valence electrons. The van der Waals surface area contributed by atoms with Crippen molar-refractivity contribution in [1.82, 2.24) is 0 Å². The minimum Gasteiger partial charge on any atom is -0.466 e. The van der Waals surface area contributed by atoms with Crippen LogP contribution in [0, 0.1) is 0 Å². The van der Waals surface area contributed by atoms with Crippen molar-refractivity contribution in [3.8, 4) is 0 Å². The zero-order valence-electron chi connectivity index (χ0n) is 14.1. The summed E-state index contributed by atoms with van der Waals surface area (Å²) in [6.07, 6.45) is 23.5. The van der Waals surface area contributed by atoms with Gasteiger partial charge in [-0.2, -0.15) is 0 Å². The molecule has 0 saturated heterocycles. The van der Waals surface area contributed by atoms with Crippen LogP contribution in [0.1, 0.15) is 84.0 Å². The van der Waals surface area contributed by atoms with E-state index in [0.29, 0.717) is 0 Å². The molecule has 0 radical (unpaired) electrons. The van der Waals surface area contributed by atoms with Gasteiger partial charge in [0.2, 0.25) is 0 Å². The van der Waals surface area contributed by atoms with Crippen molar-refractivity contribution in [2.75, 3.05) is 7.11 Å². The third-order valence-electron chi connectivity index (χ3n) is 3.66. The molecule has 0 aliphatic heterocycles. The molecule has 0 aromatic rings. The Kier molecular flexibility index (Phi) is 16.2. The van der Waals surface area contributed by atoms with Crippen LogP contribution < -0.4 is 0 Å². The van der Waals surface area contributed by atoms with Gasteiger partial charge in [-0.05, 0) is 12.8 Å². The number of ether oxygens (including phenoxy) is 1. The minimum absolute atomic E-state index is 0.297. The van der Waals surface area contributed by atoms with E-state index < -0.39 is 0 Å². The predicted molar refractivity (Wildman–Crippen MR) is 91.4 cm³/mol. The van der Waals surface area contributed by atoms with Crippen LogP contribution in [-0.4, -0.2) is 13.1 Å². The van der Waals surface area contributed by atoms with Crippen molar-refractivity contribution < 1.29 is 9.53 Å². The van der Waals surface area contributed by atoms with Crippen LogP contribution in [0.2, 0.25) is 0 Å². The Balaban J connectivity index is 3.17. The van der Waals surface area contributed by atoms with E-state index in [0.717, 1.165) is 6.42 Å². The van der Waals surface area contributed by atoms with Gasteiger partial charge in [0.1, 0.15) is 0 Å². The Morgan fingerprint density at radius 3 is 1.86 bits per heavy atom. The second kappa shape index (κ2) is 17.0. The first-order chi connectivity index (χ1) is 10.3. The molecule has 0 spiro atoms. The van der Waals surface area contributed by atoms with E-state index in [1.165, 1.54) is 83.8 Å². The molecule has 0 aromatic carbocycles. The molecule has 0 heterocycles. The summed E-state index contributed by atoms with van der Waals surface area (Å²) in [5, 5.41) is 0. The fourth-order valence-corrected chi connectivity index (χ4v) is 2.30. The van der Waals surface area contributed by atoms with E-state index in [2.05, 4.69) is 17.7 Å². The van der Waals surface area contributed by atoms with Gasteiger partial charge in [-0.3, -0.25) is 0 Å². The smallest absolute Gasteiger partial charge is 0.330 e. The van der Waals surface area contributed by atoms with Crippen LogP contribution in [-0.2, 0) is 9.53 Å². The Bertz CT molecular complexity index is 279. The van der Waals surface area contributed by atoms with Crippen molar-refractivity contribution in [3.63, 3.8) is 0 Å². The quantitative estimate of drug-likeness (QED) is 0.171. The molecular weight excluding hydrogens is 260 g/mol. The van der Waals surface area contributed by atoms with E-state index in [9.17, 15) is 4.79 Å². The van der Waals surface area contributed by atoms with Gasteiger partial charge in [0.15, 0.2) is 0 Å². The third kappa shape index (κ3) is 16.9. The van der Waals surface area contributed by atoms with Crippen LogP contribution in [0.4, 0.5) is 0 Å². The van der Waals surface area contributed by atoms with Gasteiger partial charge in [0.05, 0.1) is 7.11 Å². The summed E-state index contributed by atoms with van der Waals surface area (Å²) in [7, 11) is 1.39. The molecule has 0 rings (SSSR count). The van der Waals surface area contributed by atoms with Gasteiger partial charge in [-0.1, -0.05) is 89.4 Å². The molecule has 0 aromatic heterocycles. The average Bonchev–Trinajstić information content (AvgIpc) is 2.50. The largest absolute Gasteiger partial charge is 0.466 e. The number of carbonyl (C=O) groups is 1. The fraction of sp³-hybridized carbons (Fsp3) is 0.737. The fourth-order valence-electron chi connectivity index (χ4n) is 2.30. The van der Waals surface area contributed by atoms with Crippen molar-refractivity contribution in [3.05, 3.63) is 24.3 Å². The third-order valence-corrected chi connectivity index (χ3v) is 3.66. The lowest BCUT2D eigenvalue weighted by Crippen LogP contribution is -1.92. The van der Waals surface area contributed by atoms with Gasteiger partial charge in [0.25, 0.3) is 0 Å². The van der Waals surface area contributed by atoms with Gasteiger partial charge in [-0.25, -0.2) is 4.79 Å². The van der Waals surface area contributed by atoms with Crippen LogP contribution in [0.5, 0.6) is 0 Å². The number of carbonyl (C=O) groups excluding carboxylic acids is 1. The maximum absolute atomic E-state index is 10.8. The number of esters is 1. The maximum Gasteiger partial charge on any atom is 0.330 e. The number of hydrogen-bond donors (Lipinski definition) is 0. The minimum atomic E-state index is -0.297.